The summed E-state index contributed by atoms with van der Waals surface area (Å²) in [4.78, 5) is 9.05. The van der Waals surface area contributed by atoms with Gasteiger partial charge in [-0.15, -0.1) is 0 Å². The molecule has 0 radical (unpaired) electrons. The Morgan fingerprint density at radius 1 is 1.20 bits per heavy atom. The Bertz CT molecular complexity index is 811. The molecule has 1 aromatic carbocycles. The van der Waals surface area contributed by atoms with Gasteiger partial charge in [-0.25, -0.2) is 0 Å². The van der Waals surface area contributed by atoms with E-state index in [0.29, 0.717) is 0 Å². The molecule has 1 aliphatic rings. The minimum absolute atomic E-state index is 0.214. The number of nitrogens with one attached hydrogen (secondary N) is 2. The molecular weight excluding hydrogens is 378 g/mol. The number of aromatic nitrogens is 2. The third-order valence-electron chi connectivity index (χ3n) is 5.48. The van der Waals surface area contributed by atoms with Crippen LogP contribution in [0, 0.1) is 0 Å². The molecule has 8 nitrogen and oxygen atoms in total. The van der Waals surface area contributed by atoms with Gasteiger partial charge in [-0.05, 0) is 25.2 Å². The molecule has 0 saturated carbocycles. The van der Waals surface area contributed by atoms with Gasteiger partial charge in [0.1, 0.15) is 0 Å². The van der Waals surface area contributed by atoms with Gasteiger partial charge in [-0.2, -0.15) is 5.10 Å². The summed E-state index contributed by atoms with van der Waals surface area (Å²) in [6, 6.07) is 8.83. The molecule has 1 aromatic heterocycles. The van der Waals surface area contributed by atoms with Crippen molar-refractivity contribution < 1.29 is 4.74 Å². The Hall–Kier alpha value is -2.42. The van der Waals surface area contributed by atoms with Crippen LogP contribution in [-0.4, -0.2) is 79.5 Å². The standard InChI is InChI=1S/C22H35N7O/c1-23-22(25-15-21(27(2)3)20-14-26-28(4)16-20)24-13-18-7-5-6-8-19(18)17-29-9-11-30-12-10-29/h5-8,14,16,21H,9-13,15,17H2,1-4H3,(H2,23,24,25). The number of hydrogen-bond donors (Lipinski definition) is 2. The molecule has 8 heteroatoms. The minimum Gasteiger partial charge on any atom is -0.379 e. The maximum absolute atomic E-state index is 5.47. The Kier molecular flexibility index (Phi) is 8.24. The van der Waals surface area contributed by atoms with E-state index >= 15 is 0 Å². The Labute approximate surface area is 179 Å². The van der Waals surface area contributed by atoms with Crippen molar-refractivity contribution in [2.75, 3.05) is 54.0 Å². The molecule has 30 heavy (non-hydrogen) atoms. The number of morpholine rings is 1. The highest BCUT2D eigenvalue weighted by atomic mass is 16.5. The molecular formula is C22H35N7O. The van der Waals surface area contributed by atoms with E-state index in [0.717, 1.165) is 51.9 Å². The van der Waals surface area contributed by atoms with Crippen molar-refractivity contribution in [2.24, 2.45) is 12.0 Å². The van der Waals surface area contributed by atoms with Crippen molar-refractivity contribution in [1.29, 1.82) is 0 Å². The number of ether oxygens (including phenoxy) is 1. The molecule has 2 N–H and O–H groups in total. The summed E-state index contributed by atoms with van der Waals surface area (Å²) >= 11 is 0. The molecule has 1 saturated heterocycles. The molecule has 1 aliphatic heterocycles. The lowest BCUT2D eigenvalue weighted by Crippen LogP contribution is -2.41. The molecule has 0 spiro atoms. The van der Waals surface area contributed by atoms with Crippen LogP contribution < -0.4 is 10.6 Å². The molecule has 3 rings (SSSR count). The molecule has 1 fully saturated rings. The zero-order valence-electron chi connectivity index (χ0n) is 18.6. The highest BCUT2D eigenvalue weighted by Crippen LogP contribution is 2.16. The monoisotopic (exact) mass is 413 g/mol. The van der Waals surface area contributed by atoms with E-state index in [1.54, 1.807) is 0 Å². The summed E-state index contributed by atoms with van der Waals surface area (Å²) in [5.41, 5.74) is 3.83. The summed E-state index contributed by atoms with van der Waals surface area (Å²) in [5, 5.41) is 11.2. The third kappa shape index (κ3) is 6.29. The first-order valence-electron chi connectivity index (χ1n) is 10.5. The molecule has 2 aromatic rings. The number of benzene rings is 1. The van der Waals surface area contributed by atoms with Gasteiger partial charge in [-0.3, -0.25) is 14.6 Å². The van der Waals surface area contributed by atoms with Crippen molar-refractivity contribution in [1.82, 2.24) is 30.2 Å². The van der Waals surface area contributed by atoms with E-state index < -0.39 is 0 Å². The first-order chi connectivity index (χ1) is 14.6. The smallest absolute Gasteiger partial charge is 0.191 e. The summed E-state index contributed by atoms with van der Waals surface area (Å²) in [7, 11) is 7.91. The highest BCUT2D eigenvalue weighted by molar-refractivity contribution is 5.79. The van der Waals surface area contributed by atoms with E-state index in [4.69, 9.17) is 4.74 Å². The SMILES string of the molecule is CN=C(NCc1ccccc1CN1CCOCC1)NCC(c1cnn(C)c1)N(C)C. The Morgan fingerprint density at radius 2 is 1.93 bits per heavy atom. The number of guanidine groups is 1. The van der Waals surface area contributed by atoms with Gasteiger partial charge in [0.05, 0.1) is 25.5 Å². The number of nitrogens with zero attached hydrogens (tertiary/aromatic N) is 5. The molecule has 1 atom stereocenters. The normalized spacial score (nSPS) is 16.6. The van der Waals surface area contributed by atoms with E-state index in [9.17, 15) is 0 Å². The number of aryl methyl sites for hydroxylation is 1. The predicted molar refractivity (Wildman–Crippen MR) is 120 cm³/mol. The van der Waals surface area contributed by atoms with Crippen molar-refractivity contribution in [2.45, 2.75) is 19.1 Å². The number of likely N-dealkylation sites (N-methyl/N-ethyl adjacent to an activating group) is 1. The van der Waals surface area contributed by atoms with Crippen molar-refractivity contribution in [3.8, 4) is 0 Å². The van der Waals surface area contributed by atoms with Gasteiger partial charge >= 0.3 is 0 Å². The molecule has 0 amide bonds. The lowest BCUT2D eigenvalue weighted by molar-refractivity contribution is 0.0341. The Morgan fingerprint density at radius 3 is 2.57 bits per heavy atom. The topological polar surface area (TPSA) is 70.0 Å². The van der Waals surface area contributed by atoms with Gasteiger partial charge < -0.3 is 20.3 Å². The highest BCUT2D eigenvalue weighted by Gasteiger charge is 2.17. The summed E-state index contributed by atoms with van der Waals surface area (Å²) < 4.78 is 7.31. The largest absolute Gasteiger partial charge is 0.379 e. The maximum Gasteiger partial charge on any atom is 0.191 e. The number of aliphatic imine (C=N–C) groups is 1. The van der Waals surface area contributed by atoms with Gasteiger partial charge in [-0.1, -0.05) is 24.3 Å². The summed E-state index contributed by atoms with van der Waals surface area (Å²) in [6.45, 7) is 6.06. The first kappa shape index (κ1) is 22.3. The van der Waals surface area contributed by atoms with Crippen LogP contribution in [-0.2, 0) is 24.9 Å². The quantitative estimate of drug-likeness (QED) is 0.501. The second-order valence-electron chi connectivity index (χ2n) is 7.89. The fourth-order valence-corrected chi connectivity index (χ4v) is 3.69. The zero-order chi connectivity index (χ0) is 21.3. The van der Waals surface area contributed by atoms with Gasteiger partial charge in [0, 0.05) is 58.6 Å². The fourth-order valence-electron chi connectivity index (χ4n) is 3.69. The van der Waals surface area contributed by atoms with Gasteiger partial charge in [0.15, 0.2) is 5.96 Å². The summed E-state index contributed by atoms with van der Waals surface area (Å²) in [5.74, 6) is 0.798. The van der Waals surface area contributed by atoms with Crippen LogP contribution in [0.5, 0.6) is 0 Å². The molecule has 0 bridgehead atoms. The van der Waals surface area contributed by atoms with Crippen LogP contribution in [0.1, 0.15) is 22.7 Å². The van der Waals surface area contributed by atoms with Crippen LogP contribution in [0.3, 0.4) is 0 Å². The third-order valence-corrected chi connectivity index (χ3v) is 5.48. The molecule has 1 unspecified atom stereocenters. The average molecular weight is 414 g/mol. The van der Waals surface area contributed by atoms with Crippen LogP contribution in [0.4, 0.5) is 0 Å². The van der Waals surface area contributed by atoms with E-state index in [2.05, 4.69) is 75.1 Å². The maximum atomic E-state index is 5.47. The number of rotatable bonds is 8. The van der Waals surface area contributed by atoms with Crippen molar-refractivity contribution in [3.63, 3.8) is 0 Å². The van der Waals surface area contributed by atoms with Crippen LogP contribution in [0.2, 0.25) is 0 Å². The van der Waals surface area contributed by atoms with E-state index in [1.165, 1.54) is 16.7 Å². The summed E-state index contributed by atoms with van der Waals surface area (Å²) in [6.07, 6.45) is 3.98. The molecule has 2 heterocycles. The minimum atomic E-state index is 0.214. The lowest BCUT2D eigenvalue weighted by atomic mass is 10.1. The zero-order valence-corrected chi connectivity index (χ0v) is 18.6. The van der Waals surface area contributed by atoms with Crippen molar-refractivity contribution in [3.05, 3.63) is 53.3 Å². The van der Waals surface area contributed by atoms with E-state index in [-0.39, 0.29) is 6.04 Å². The predicted octanol–water partition coefficient (Wildman–Crippen LogP) is 1.22. The molecule has 0 aliphatic carbocycles. The number of hydrogen-bond acceptors (Lipinski definition) is 5. The Balaban J connectivity index is 1.56. The van der Waals surface area contributed by atoms with Gasteiger partial charge in [0.25, 0.3) is 0 Å². The second-order valence-corrected chi connectivity index (χ2v) is 7.89. The van der Waals surface area contributed by atoms with Crippen LogP contribution in [0.25, 0.3) is 0 Å². The molecule has 164 valence electrons. The van der Waals surface area contributed by atoms with Crippen LogP contribution in [0.15, 0.2) is 41.7 Å². The average Bonchev–Trinajstić information content (AvgIpc) is 3.18. The first-order valence-corrected chi connectivity index (χ1v) is 10.5. The fraction of sp³-hybridized carbons (Fsp3) is 0.545. The van der Waals surface area contributed by atoms with Crippen LogP contribution >= 0.6 is 0 Å². The van der Waals surface area contributed by atoms with Gasteiger partial charge in [0.2, 0.25) is 0 Å². The van der Waals surface area contributed by atoms with E-state index in [1.807, 2.05) is 25.0 Å². The lowest BCUT2D eigenvalue weighted by Gasteiger charge is -2.27. The van der Waals surface area contributed by atoms with Crippen molar-refractivity contribution >= 4 is 5.96 Å². The second kappa shape index (κ2) is 11.1.